The van der Waals surface area contributed by atoms with E-state index < -0.39 is 5.72 Å². The molecule has 122 valence electrons. The fraction of sp³-hybridized carbons (Fsp3) is 0.167. The molecule has 2 heterocycles. The fourth-order valence-corrected chi connectivity index (χ4v) is 2.34. The zero-order valence-electron chi connectivity index (χ0n) is 13.4. The summed E-state index contributed by atoms with van der Waals surface area (Å²) in [7, 11) is 0. The zero-order chi connectivity index (χ0) is 17.2. The Balaban J connectivity index is 2.11. The number of nitrogens with one attached hydrogen (secondary N) is 1. The minimum absolute atomic E-state index is 0.529. The molecule has 0 aliphatic heterocycles. The summed E-state index contributed by atoms with van der Waals surface area (Å²) < 4.78 is 0. The SMILES string of the molecule is CC(C)(O)Nc1cc(-c2ccc(Cl)cc2)nc(-c2cccnc2)n1. The van der Waals surface area contributed by atoms with Crippen LogP contribution in [-0.4, -0.2) is 25.8 Å². The van der Waals surface area contributed by atoms with Gasteiger partial charge in [0.2, 0.25) is 0 Å². The van der Waals surface area contributed by atoms with Crippen LogP contribution in [0.25, 0.3) is 22.6 Å². The molecule has 0 saturated carbocycles. The van der Waals surface area contributed by atoms with Crippen molar-refractivity contribution in [2.75, 3.05) is 5.32 Å². The Bertz CT molecular complexity index is 830. The normalized spacial score (nSPS) is 11.3. The summed E-state index contributed by atoms with van der Waals surface area (Å²) >= 11 is 5.96. The number of pyridine rings is 1. The van der Waals surface area contributed by atoms with Crippen LogP contribution in [0.2, 0.25) is 5.02 Å². The Labute approximate surface area is 145 Å². The van der Waals surface area contributed by atoms with Crippen LogP contribution in [0.15, 0.2) is 54.9 Å². The van der Waals surface area contributed by atoms with Crippen LogP contribution < -0.4 is 5.32 Å². The topological polar surface area (TPSA) is 70.9 Å². The highest BCUT2D eigenvalue weighted by atomic mass is 35.5. The van der Waals surface area contributed by atoms with Gasteiger partial charge in [-0.1, -0.05) is 23.7 Å². The van der Waals surface area contributed by atoms with E-state index in [1.165, 1.54) is 0 Å². The number of hydrogen-bond acceptors (Lipinski definition) is 5. The van der Waals surface area contributed by atoms with E-state index in [0.29, 0.717) is 16.7 Å². The number of nitrogens with zero attached hydrogens (tertiary/aromatic N) is 3. The Morgan fingerprint density at radius 3 is 2.42 bits per heavy atom. The number of aromatic nitrogens is 3. The second-order valence-corrected chi connectivity index (χ2v) is 6.33. The molecule has 0 aliphatic rings. The van der Waals surface area contributed by atoms with Crippen LogP contribution in [0.1, 0.15) is 13.8 Å². The lowest BCUT2D eigenvalue weighted by molar-refractivity contribution is 0.111. The molecular formula is C18H17ClN4O. The summed E-state index contributed by atoms with van der Waals surface area (Å²) in [6.45, 7) is 3.31. The van der Waals surface area contributed by atoms with E-state index in [1.54, 1.807) is 32.3 Å². The predicted molar refractivity (Wildman–Crippen MR) is 95.6 cm³/mol. The lowest BCUT2D eigenvalue weighted by Gasteiger charge is -2.20. The van der Waals surface area contributed by atoms with E-state index in [1.807, 2.05) is 36.4 Å². The molecular weight excluding hydrogens is 324 g/mol. The van der Waals surface area contributed by atoms with Gasteiger partial charge in [-0.15, -0.1) is 0 Å². The maximum atomic E-state index is 10.0. The lowest BCUT2D eigenvalue weighted by atomic mass is 10.1. The average molecular weight is 341 g/mol. The van der Waals surface area contributed by atoms with Gasteiger partial charge < -0.3 is 10.4 Å². The van der Waals surface area contributed by atoms with E-state index in [2.05, 4.69) is 20.3 Å². The second-order valence-electron chi connectivity index (χ2n) is 5.89. The largest absolute Gasteiger partial charge is 0.372 e. The van der Waals surface area contributed by atoms with Crippen molar-refractivity contribution in [3.63, 3.8) is 0 Å². The summed E-state index contributed by atoms with van der Waals surface area (Å²) in [5.41, 5.74) is 1.34. The monoisotopic (exact) mass is 340 g/mol. The van der Waals surface area contributed by atoms with Gasteiger partial charge in [0.15, 0.2) is 5.82 Å². The molecule has 3 aromatic rings. The molecule has 0 amide bonds. The Morgan fingerprint density at radius 1 is 1.04 bits per heavy atom. The van der Waals surface area contributed by atoms with Crippen molar-refractivity contribution in [1.29, 1.82) is 0 Å². The first-order valence-corrected chi connectivity index (χ1v) is 7.84. The van der Waals surface area contributed by atoms with Gasteiger partial charge in [0.05, 0.1) is 5.69 Å². The van der Waals surface area contributed by atoms with Gasteiger partial charge >= 0.3 is 0 Å². The molecule has 1 aromatic carbocycles. The molecule has 3 rings (SSSR count). The first-order valence-electron chi connectivity index (χ1n) is 7.47. The highest BCUT2D eigenvalue weighted by Gasteiger charge is 2.15. The first kappa shape index (κ1) is 16.4. The molecule has 0 aliphatic carbocycles. The summed E-state index contributed by atoms with van der Waals surface area (Å²) in [5.74, 6) is 1.06. The van der Waals surface area contributed by atoms with Crippen molar-refractivity contribution < 1.29 is 5.11 Å². The van der Waals surface area contributed by atoms with Crippen molar-refractivity contribution in [2.45, 2.75) is 19.6 Å². The third-order valence-corrected chi connectivity index (χ3v) is 3.47. The summed E-state index contributed by atoms with van der Waals surface area (Å²) in [5, 5.41) is 13.7. The average Bonchev–Trinajstić information content (AvgIpc) is 2.54. The molecule has 0 saturated heterocycles. The first-order chi connectivity index (χ1) is 11.4. The molecule has 0 spiro atoms. The Morgan fingerprint density at radius 2 is 1.79 bits per heavy atom. The maximum Gasteiger partial charge on any atom is 0.163 e. The molecule has 0 radical (unpaired) electrons. The van der Waals surface area contributed by atoms with Gasteiger partial charge in [-0.25, -0.2) is 9.97 Å². The standard InChI is InChI=1S/C18H17ClN4O/c1-18(2,24)23-16-10-15(12-5-7-14(19)8-6-12)21-17(22-16)13-4-3-9-20-11-13/h3-11,24H,1-2H3,(H,21,22,23). The molecule has 0 unspecified atom stereocenters. The molecule has 2 N–H and O–H groups in total. The Hall–Kier alpha value is -2.50. The number of anilines is 1. The van der Waals surface area contributed by atoms with Gasteiger partial charge in [0.1, 0.15) is 11.5 Å². The number of aliphatic hydroxyl groups is 1. The van der Waals surface area contributed by atoms with Gasteiger partial charge in [-0.2, -0.15) is 0 Å². The summed E-state index contributed by atoms with van der Waals surface area (Å²) in [6.07, 6.45) is 3.40. The fourth-order valence-electron chi connectivity index (χ4n) is 2.22. The third-order valence-electron chi connectivity index (χ3n) is 3.22. The van der Waals surface area contributed by atoms with Gasteiger partial charge in [0, 0.05) is 34.6 Å². The summed E-state index contributed by atoms with van der Waals surface area (Å²) in [6, 6.07) is 12.9. The van der Waals surface area contributed by atoms with Gasteiger partial charge in [0.25, 0.3) is 0 Å². The third kappa shape index (κ3) is 4.07. The van der Waals surface area contributed by atoms with Crippen LogP contribution in [-0.2, 0) is 0 Å². The smallest absolute Gasteiger partial charge is 0.163 e. The van der Waals surface area contributed by atoms with Crippen molar-refractivity contribution in [1.82, 2.24) is 15.0 Å². The maximum absolute atomic E-state index is 10.0. The van der Waals surface area contributed by atoms with Crippen LogP contribution in [0.5, 0.6) is 0 Å². The van der Waals surface area contributed by atoms with E-state index in [0.717, 1.165) is 16.8 Å². The Kier molecular flexibility index (Phi) is 4.46. The summed E-state index contributed by atoms with van der Waals surface area (Å²) in [4.78, 5) is 13.2. The molecule has 0 fully saturated rings. The molecule has 0 bridgehead atoms. The van der Waals surface area contributed by atoms with Crippen molar-refractivity contribution in [2.24, 2.45) is 0 Å². The quantitative estimate of drug-likeness (QED) is 0.702. The minimum Gasteiger partial charge on any atom is -0.372 e. The van der Waals surface area contributed by atoms with Crippen LogP contribution in [0, 0.1) is 0 Å². The lowest BCUT2D eigenvalue weighted by Crippen LogP contribution is -2.30. The molecule has 5 nitrogen and oxygen atoms in total. The zero-order valence-corrected chi connectivity index (χ0v) is 14.1. The number of hydrogen-bond donors (Lipinski definition) is 2. The predicted octanol–water partition coefficient (Wildman–Crippen LogP) is 4.00. The highest BCUT2D eigenvalue weighted by molar-refractivity contribution is 6.30. The molecule has 0 atom stereocenters. The molecule has 6 heteroatoms. The number of benzene rings is 1. The molecule has 24 heavy (non-hydrogen) atoms. The minimum atomic E-state index is -1.10. The number of rotatable bonds is 4. The van der Waals surface area contributed by atoms with E-state index in [9.17, 15) is 5.11 Å². The number of halogens is 1. The van der Waals surface area contributed by atoms with Crippen LogP contribution in [0.3, 0.4) is 0 Å². The van der Waals surface area contributed by atoms with Crippen molar-refractivity contribution in [3.8, 4) is 22.6 Å². The van der Waals surface area contributed by atoms with E-state index in [-0.39, 0.29) is 0 Å². The second kappa shape index (κ2) is 6.55. The van der Waals surface area contributed by atoms with Gasteiger partial charge in [-0.05, 0) is 38.1 Å². The van der Waals surface area contributed by atoms with Crippen molar-refractivity contribution >= 4 is 17.4 Å². The van der Waals surface area contributed by atoms with Gasteiger partial charge in [-0.3, -0.25) is 4.98 Å². The van der Waals surface area contributed by atoms with E-state index in [4.69, 9.17) is 11.6 Å². The van der Waals surface area contributed by atoms with Crippen LogP contribution >= 0.6 is 11.6 Å². The molecule has 2 aromatic heterocycles. The van der Waals surface area contributed by atoms with Crippen molar-refractivity contribution in [3.05, 3.63) is 59.9 Å². The van der Waals surface area contributed by atoms with Crippen LogP contribution in [0.4, 0.5) is 5.82 Å². The highest BCUT2D eigenvalue weighted by Crippen LogP contribution is 2.26. The van der Waals surface area contributed by atoms with E-state index >= 15 is 0 Å².